The van der Waals surface area contributed by atoms with E-state index in [4.69, 9.17) is 33.2 Å². The zero-order valence-corrected chi connectivity index (χ0v) is 30.9. The van der Waals surface area contributed by atoms with Crippen LogP contribution in [0.4, 0.5) is 0 Å². The Morgan fingerprint density at radius 1 is 1.02 bits per heavy atom. The summed E-state index contributed by atoms with van der Waals surface area (Å²) < 4.78 is 39.7. The number of ketones is 1. The van der Waals surface area contributed by atoms with E-state index in [2.05, 4.69) is 0 Å². The summed E-state index contributed by atoms with van der Waals surface area (Å²) in [4.78, 5) is 66.7. The number of ether oxygens (including phenoxy) is 7. The number of hydrogen-bond donors (Lipinski definition) is 6. The number of carbonyl (C=O) groups is 5. The smallest absolute Gasteiger partial charge is 0.348 e. The molecule has 0 aromatic heterocycles. The predicted molar refractivity (Wildman–Crippen MR) is 175 cm³/mol. The molecule has 0 aromatic carbocycles. The predicted octanol–water partition coefficient (Wildman–Crippen LogP) is -2.05. The van der Waals surface area contributed by atoms with Crippen LogP contribution in [-0.2, 0) is 57.1 Å². The lowest BCUT2D eigenvalue weighted by Crippen LogP contribution is -2.79. The summed E-state index contributed by atoms with van der Waals surface area (Å²) in [6.07, 6.45) is -12.9. The first-order valence-corrected chi connectivity index (χ1v) is 17.8. The Morgan fingerprint density at radius 3 is 2.30 bits per heavy atom. The molecule has 18 heteroatoms. The van der Waals surface area contributed by atoms with Crippen molar-refractivity contribution >= 4 is 29.7 Å². The van der Waals surface area contributed by atoms with E-state index < -0.39 is 144 Å². The number of methoxy groups -OCH3 is 1. The van der Waals surface area contributed by atoms with Crippen LogP contribution < -0.4 is 0 Å². The molecule has 18 nitrogen and oxygen atoms in total. The van der Waals surface area contributed by atoms with Crippen molar-refractivity contribution < 1.29 is 87.8 Å². The van der Waals surface area contributed by atoms with Crippen LogP contribution in [-0.4, -0.2) is 147 Å². The van der Waals surface area contributed by atoms with Crippen LogP contribution in [0.5, 0.6) is 0 Å². The van der Waals surface area contributed by atoms with Gasteiger partial charge < -0.3 is 63.8 Å². The van der Waals surface area contributed by atoms with Crippen LogP contribution >= 0.6 is 0 Å². The molecule has 6 aliphatic rings. The third-order valence-electron chi connectivity index (χ3n) is 12.8. The molecular weight excluding hydrogens is 720 g/mol. The summed E-state index contributed by atoms with van der Waals surface area (Å²) in [5, 5.41) is 65.1. The maximum absolute atomic E-state index is 13.9. The van der Waals surface area contributed by atoms with Crippen molar-refractivity contribution in [2.45, 2.75) is 114 Å². The molecule has 6 N–H and O–H groups in total. The van der Waals surface area contributed by atoms with Crippen LogP contribution in [0.15, 0.2) is 23.5 Å². The van der Waals surface area contributed by atoms with E-state index in [-0.39, 0.29) is 17.8 Å². The Hall–Kier alpha value is -3.49. The summed E-state index contributed by atoms with van der Waals surface area (Å²) in [5.74, 6) is -9.12. The van der Waals surface area contributed by atoms with Crippen LogP contribution in [0.2, 0.25) is 0 Å². The first-order valence-electron chi connectivity index (χ1n) is 17.8. The van der Waals surface area contributed by atoms with Gasteiger partial charge in [0.15, 0.2) is 11.5 Å². The van der Waals surface area contributed by atoms with Crippen molar-refractivity contribution in [1.82, 2.24) is 0 Å². The number of rotatable bonds is 8. The summed E-state index contributed by atoms with van der Waals surface area (Å²) in [7, 11) is 1.03. The first-order chi connectivity index (χ1) is 25.1. The van der Waals surface area contributed by atoms with Gasteiger partial charge in [-0.2, -0.15) is 0 Å². The van der Waals surface area contributed by atoms with Gasteiger partial charge in [-0.3, -0.25) is 9.59 Å². The normalized spacial score (nSPS) is 45.6. The Morgan fingerprint density at radius 2 is 1.69 bits per heavy atom. The maximum Gasteiger partial charge on any atom is 0.348 e. The van der Waals surface area contributed by atoms with Gasteiger partial charge >= 0.3 is 23.9 Å². The van der Waals surface area contributed by atoms with Gasteiger partial charge in [0, 0.05) is 30.3 Å². The van der Waals surface area contributed by atoms with E-state index in [0.29, 0.717) is 0 Å². The highest BCUT2D eigenvalue weighted by atomic mass is 16.7. The van der Waals surface area contributed by atoms with Crippen molar-refractivity contribution in [2.75, 3.05) is 20.3 Å². The van der Waals surface area contributed by atoms with E-state index in [0.717, 1.165) is 13.2 Å². The molecule has 3 aliphatic carbocycles. The molecule has 3 heterocycles. The van der Waals surface area contributed by atoms with Crippen molar-refractivity contribution in [1.29, 1.82) is 0 Å². The molecule has 16 atom stereocenters. The molecule has 300 valence electrons. The Bertz CT molecular complexity index is 1650. The Labute approximate surface area is 309 Å². The van der Waals surface area contributed by atoms with E-state index in [9.17, 15) is 54.6 Å². The maximum atomic E-state index is 13.9. The minimum absolute atomic E-state index is 0.00828. The number of allylic oxidation sites excluding steroid dienone is 2. The molecule has 0 unspecified atom stereocenters. The number of fused-ring (bicyclic) bond motifs is 2. The van der Waals surface area contributed by atoms with Crippen molar-refractivity contribution in [3.8, 4) is 0 Å². The molecule has 1 spiro atoms. The average molecular weight is 769 g/mol. The molecule has 3 saturated heterocycles. The molecule has 2 bridgehead atoms. The van der Waals surface area contributed by atoms with Gasteiger partial charge in [0.2, 0.25) is 18.0 Å². The van der Waals surface area contributed by atoms with Gasteiger partial charge in [-0.1, -0.05) is 13.8 Å². The SMILES string of the molecule is COC(=O)[C@]12OC[C@@]34[C@@H](C[C@H]5[C@H](C)C(=O)C(O[C@@H]6O[C@H](CO)[C@@H](O)[C@H](O)[C@H]6O)=C[C@]5(C)[C@@H]3[C@@H](O)[C@@H]1O)OC(=O)[C@H](OC(=O)/C=C(\C)C(C)(C)OC(C)=O)[C@@H]24. The fourth-order valence-corrected chi connectivity index (χ4v) is 10.1. The standard InChI is InChI=1S/C36H48O18/c1-13(33(4,5)54-15(3)38)8-20(39)53-26-28-35-12-49-36(28,32(47)48-7)29(45)25(44)27(35)34(6)10-17(21(40)14(2)16(34)9-19(35)52-30(26)46)50-31-24(43)23(42)22(41)18(11-37)51-31/h8,10,14,16,18-19,22-29,31,37,41-45H,9,11-12H2,1-7H3/b13-8+/t14-,16-,18+,19+,22+,23-,24+,25+,26+,27-,28+,29-,31+,34-,35+,36+/m0/s1. The Balaban J connectivity index is 1.45. The molecule has 5 fully saturated rings. The third-order valence-corrected chi connectivity index (χ3v) is 12.8. The van der Waals surface area contributed by atoms with Crippen LogP contribution in [0.1, 0.15) is 48.0 Å². The molecular formula is C36H48O18. The van der Waals surface area contributed by atoms with E-state index in [1.54, 1.807) is 13.8 Å². The Kier molecular flexibility index (Phi) is 10.1. The summed E-state index contributed by atoms with van der Waals surface area (Å²) >= 11 is 0. The van der Waals surface area contributed by atoms with Gasteiger partial charge in [0.25, 0.3) is 0 Å². The highest BCUT2D eigenvalue weighted by Gasteiger charge is 2.85. The van der Waals surface area contributed by atoms with Gasteiger partial charge in [-0.05, 0) is 50.2 Å². The molecule has 3 aliphatic heterocycles. The van der Waals surface area contributed by atoms with Gasteiger partial charge in [0.1, 0.15) is 42.2 Å². The van der Waals surface area contributed by atoms with Crippen molar-refractivity contribution in [3.63, 3.8) is 0 Å². The number of esters is 4. The van der Waals surface area contributed by atoms with Gasteiger partial charge in [-0.15, -0.1) is 0 Å². The topological polar surface area (TPSA) is 271 Å². The van der Waals surface area contributed by atoms with Crippen LogP contribution in [0, 0.1) is 34.5 Å². The lowest BCUT2D eigenvalue weighted by molar-refractivity contribution is -0.296. The van der Waals surface area contributed by atoms with E-state index in [1.165, 1.54) is 33.8 Å². The molecule has 0 amide bonds. The second-order valence-corrected chi connectivity index (χ2v) is 16.0. The fourth-order valence-electron chi connectivity index (χ4n) is 10.1. The zero-order valence-electron chi connectivity index (χ0n) is 30.9. The van der Waals surface area contributed by atoms with Crippen molar-refractivity contribution in [2.24, 2.45) is 34.5 Å². The lowest BCUT2D eigenvalue weighted by Gasteiger charge is -2.67. The minimum atomic E-state index is -2.43. The number of aliphatic hydroxyl groups is 6. The molecule has 0 aromatic rings. The highest BCUT2D eigenvalue weighted by molar-refractivity contribution is 5.97. The number of hydrogen-bond acceptors (Lipinski definition) is 18. The molecule has 2 saturated carbocycles. The quantitative estimate of drug-likeness (QED) is 0.0881. The average Bonchev–Trinajstić information content (AvgIpc) is 3.41. The third kappa shape index (κ3) is 5.63. The summed E-state index contributed by atoms with van der Waals surface area (Å²) in [6.45, 7) is 7.89. The van der Waals surface area contributed by atoms with Crippen LogP contribution in [0.3, 0.4) is 0 Å². The van der Waals surface area contributed by atoms with E-state index in [1.807, 2.05) is 0 Å². The van der Waals surface area contributed by atoms with Crippen molar-refractivity contribution in [3.05, 3.63) is 23.5 Å². The number of carbonyl (C=O) groups excluding carboxylic acids is 5. The largest absolute Gasteiger partial charge is 0.467 e. The van der Waals surface area contributed by atoms with Crippen LogP contribution in [0.25, 0.3) is 0 Å². The molecule has 54 heavy (non-hydrogen) atoms. The van der Waals surface area contributed by atoms with E-state index >= 15 is 0 Å². The summed E-state index contributed by atoms with van der Waals surface area (Å²) in [5.41, 5.74) is -6.34. The summed E-state index contributed by atoms with van der Waals surface area (Å²) in [6, 6.07) is 0. The van der Waals surface area contributed by atoms with Gasteiger partial charge in [-0.25, -0.2) is 14.4 Å². The first kappa shape index (κ1) is 40.2. The minimum Gasteiger partial charge on any atom is -0.467 e. The second kappa shape index (κ2) is 13.6. The molecule has 0 radical (unpaired) electrons. The molecule has 6 rings (SSSR count). The highest BCUT2D eigenvalue weighted by Crippen LogP contribution is 2.72. The second-order valence-electron chi connectivity index (χ2n) is 16.0. The van der Waals surface area contributed by atoms with Gasteiger partial charge in [0.05, 0.1) is 32.3 Å². The number of aliphatic hydroxyl groups excluding tert-OH is 6. The fraction of sp³-hybridized carbons (Fsp3) is 0.750. The zero-order chi connectivity index (χ0) is 40.0. The lowest BCUT2D eigenvalue weighted by atomic mass is 9.38. The number of Topliss-reactive ketones (excluding diaryl/α,β-unsaturated/α-hetero) is 1. The monoisotopic (exact) mass is 768 g/mol.